The Hall–Kier alpha value is -2.36. The summed E-state index contributed by atoms with van der Waals surface area (Å²) in [6.45, 7) is 3.11. The van der Waals surface area contributed by atoms with Crippen molar-refractivity contribution < 1.29 is 14.2 Å². The van der Waals surface area contributed by atoms with Gasteiger partial charge in [-0.15, -0.1) is 0 Å². The summed E-state index contributed by atoms with van der Waals surface area (Å²) in [5.41, 5.74) is 7.56. The van der Waals surface area contributed by atoms with Gasteiger partial charge in [0.25, 0.3) is 0 Å². The third-order valence-corrected chi connectivity index (χ3v) is 3.20. The predicted octanol–water partition coefficient (Wildman–Crippen LogP) is 3.43. The number of ether oxygens (including phenoxy) is 3. The molecule has 0 unspecified atom stereocenters. The smallest absolute Gasteiger partial charge is 0.161 e. The molecule has 4 heteroatoms. The summed E-state index contributed by atoms with van der Waals surface area (Å²) >= 11 is 0. The summed E-state index contributed by atoms with van der Waals surface area (Å²) in [6, 6.07) is 13.3. The fourth-order valence-electron chi connectivity index (χ4n) is 1.95. The van der Waals surface area contributed by atoms with E-state index in [0.29, 0.717) is 13.2 Å². The van der Waals surface area contributed by atoms with E-state index in [2.05, 4.69) is 0 Å². The lowest BCUT2D eigenvalue weighted by Gasteiger charge is -2.12. The second-order valence-electron chi connectivity index (χ2n) is 4.67. The zero-order valence-electron chi connectivity index (χ0n) is 12.5. The van der Waals surface area contributed by atoms with Gasteiger partial charge in [-0.05, 0) is 31.2 Å². The predicted molar refractivity (Wildman–Crippen MR) is 84.2 cm³/mol. The second-order valence-corrected chi connectivity index (χ2v) is 4.67. The van der Waals surface area contributed by atoms with E-state index in [0.717, 1.165) is 34.9 Å². The van der Waals surface area contributed by atoms with Crippen LogP contribution in [-0.4, -0.2) is 20.3 Å². The van der Waals surface area contributed by atoms with Crippen LogP contribution in [0.4, 0.5) is 5.69 Å². The van der Waals surface area contributed by atoms with Gasteiger partial charge >= 0.3 is 0 Å². The molecule has 0 amide bonds. The van der Waals surface area contributed by atoms with Crippen LogP contribution in [0.15, 0.2) is 42.5 Å². The van der Waals surface area contributed by atoms with Gasteiger partial charge < -0.3 is 19.9 Å². The molecular weight excluding hydrogens is 266 g/mol. The SMILES string of the molecule is COc1ccccc1OCCCOc1cccc(N)c1C. The topological polar surface area (TPSA) is 53.7 Å². The van der Waals surface area contributed by atoms with E-state index < -0.39 is 0 Å². The Balaban J connectivity index is 1.76. The number of hydrogen-bond donors (Lipinski definition) is 1. The molecule has 0 aliphatic heterocycles. The van der Waals surface area contributed by atoms with Gasteiger partial charge in [0.05, 0.1) is 20.3 Å². The van der Waals surface area contributed by atoms with E-state index in [-0.39, 0.29) is 0 Å². The molecule has 0 saturated heterocycles. The van der Waals surface area contributed by atoms with Crippen molar-refractivity contribution in [1.29, 1.82) is 0 Å². The molecule has 21 heavy (non-hydrogen) atoms. The monoisotopic (exact) mass is 287 g/mol. The summed E-state index contributed by atoms with van der Waals surface area (Å²) in [6.07, 6.45) is 0.784. The highest BCUT2D eigenvalue weighted by atomic mass is 16.5. The average Bonchev–Trinajstić information content (AvgIpc) is 2.51. The maximum Gasteiger partial charge on any atom is 0.161 e. The van der Waals surface area contributed by atoms with E-state index in [1.807, 2.05) is 49.4 Å². The van der Waals surface area contributed by atoms with Crippen molar-refractivity contribution in [2.75, 3.05) is 26.1 Å². The molecule has 0 radical (unpaired) electrons. The Labute approximate surface area is 125 Å². The van der Waals surface area contributed by atoms with Crippen molar-refractivity contribution in [3.8, 4) is 17.2 Å². The number of hydrogen-bond acceptors (Lipinski definition) is 4. The van der Waals surface area contributed by atoms with E-state index >= 15 is 0 Å². The molecule has 2 aromatic carbocycles. The van der Waals surface area contributed by atoms with Gasteiger partial charge in [-0.1, -0.05) is 18.2 Å². The molecule has 0 heterocycles. The summed E-state index contributed by atoms with van der Waals surface area (Å²) in [5, 5.41) is 0. The van der Waals surface area contributed by atoms with Gasteiger partial charge in [0.2, 0.25) is 0 Å². The number of rotatable bonds is 7. The largest absolute Gasteiger partial charge is 0.493 e. The lowest BCUT2D eigenvalue weighted by molar-refractivity contribution is 0.240. The third-order valence-electron chi connectivity index (χ3n) is 3.20. The van der Waals surface area contributed by atoms with Crippen molar-refractivity contribution in [2.45, 2.75) is 13.3 Å². The number of nitrogen functional groups attached to an aromatic ring is 1. The minimum Gasteiger partial charge on any atom is -0.493 e. The Morgan fingerprint density at radius 2 is 1.48 bits per heavy atom. The van der Waals surface area contributed by atoms with Crippen LogP contribution >= 0.6 is 0 Å². The van der Waals surface area contributed by atoms with Crippen LogP contribution in [-0.2, 0) is 0 Å². The Morgan fingerprint density at radius 1 is 0.857 bits per heavy atom. The van der Waals surface area contributed by atoms with Gasteiger partial charge in [0, 0.05) is 17.7 Å². The van der Waals surface area contributed by atoms with Crippen LogP contribution in [0.1, 0.15) is 12.0 Å². The van der Waals surface area contributed by atoms with Crippen LogP contribution in [0.25, 0.3) is 0 Å². The van der Waals surface area contributed by atoms with Crippen LogP contribution in [0.5, 0.6) is 17.2 Å². The Morgan fingerprint density at radius 3 is 2.19 bits per heavy atom. The minimum absolute atomic E-state index is 0.571. The normalized spacial score (nSPS) is 10.2. The number of benzene rings is 2. The molecule has 0 aliphatic rings. The molecule has 0 aromatic heterocycles. The van der Waals surface area contributed by atoms with Crippen LogP contribution < -0.4 is 19.9 Å². The molecule has 4 nitrogen and oxygen atoms in total. The molecular formula is C17H21NO3. The zero-order valence-corrected chi connectivity index (χ0v) is 12.5. The van der Waals surface area contributed by atoms with E-state index in [1.165, 1.54) is 0 Å². The Kier molecular flexibility index (Phi) is 5.32. The maximum absolute atomic E-state index is 5.84. The lowest BCUT2D eigenvalue weighted by Crippen LogP contribution is -2.06. The summed E-state index contributed by atoms with van der Waals surface area (Å²) in [4.78, 5) is 0. The number of nitrogens with two attached hydrogens (primary N) is 1. The first-order chi connectivity index (χ1) is 10.2. The molecule has 0 spiro atoms. The Bertz CT molecular complexity index is 584. The van der Waals surface area contributed by atoms with Crippen LogP contribution in [0.3, 0.4) is 0 Å². The first-order valence-corrected chi connectivity index (χ1v) is 6.96. The highest BCUT2D eigenvalue weighted by molar-refractivity contribution is 5.53. The molecule has 112 valence electrons. The molecule has 2 N–H and O–H groups in total. The van der Waals surface area contributed by atoms with Gasteiger partial charge in [0.1, 0.15) is 5.75 Å². The fourth-order valence-corrected chi connectivity index (χ4v) is 1.95. The first-order valence-electron chi connectivity index (χ1n) is 6.96. The second kappa shape index (κ2) is 7.43. The standard InChI is InChI=1S/C17H21NO3/c1-13-14(18)7-5-10-15(13)20-11-6-12-21-17-9-4-3-8-16(17)19-2/h3-5,7-10H,6,11-12,18H2,1-2H3. The summed E-state index contributed by atoms with van der Waals surface area (Å²) in [7, 11) is 1.63. The molecule has 2 rings (SSSR count). The molecule has 0 bridgehead atoms. The highest BCUT2D eigenvalue weighted by Crippen LogP contribution is 2.26. The quantitative estimate of drug-likeness (QED) is 0.626. The first kappa shape index (κ1) is 15.0. The average molecular weight is 287 g/mol. The van der Waals surface area contributed by atoms with Crippen LogP contribution in [0, 0.1) is 6.92 Å². The van der Waals surface area contributed by atoms with Crippen LogP contribution in [0.2, 0.25) is 0 Å². The van der Waals surface area contributed by atoms with E-state index in [9.17, 15) is 0 Å². The molecule has 0 aliphatic carbocycles. The van der Waals surface area contributed by atoms with Gasteiger partial charge in [0.15, 0.2) is 11.5 Å². The highest BCUT2D eigenvalue weighted by Gasteiger charge is 2.04. The molecule has 0 fully saturated rings. The minimum atomic E-state index is 0.571. The van der Waals surface area contributed by atoms with Gasteiger partial charge in [-0.2, -0.15) is 0 Å². The van der Waals surface area contributed by atoms with E-state index in [1.54, 1.807) is 7.11 Å². The lowest BCUT2D eigenvalue weighted by atomic mass is 10.2. The van der Waals surface area contributed by atoms with Crippen molar-refractivity contribution >= 4 is 5.69 Å². The number of methoxy groups -OCH3 is 1. The van der Waals surface area contributed by atoms with E-state index in [4.69, 9.17) is 19.9 Å². The molecule has 0 saturated carbocycles. The van der Waals surface area contributed by atoms with Crippen molar-refractivity contribution in [3.05, 3.63) is 48.0 Å². The van der Waals surface area contributed by atoms with Gasteiger partial charge in [-0.3, -0.25) is 0 Å². The van der Waals surface area contributed by atoms with Crippen molar-refractivity contribution in [3.63, 3.8) is 0 Å². The van der Waals surface area contributed by atoms with Gasteiger partial charge in [-0.25, -0.2) is 0 Å². The van der Waals surface area contributed by atoms with Crippen molar-refractivity contribution in [2.24, 2.45) is 0 Å². The maximum atomic E-state index is 5.84. The zero-order chi connectivity index (χ0) is 15.1. The summed E-state index contributed by atoms with van der Waals surface area (Å²) < 4.78 is 16.6. The third kappa shape index (κ3) is 4.05. The van der Waals surface area contributed by atoms with Crippen molar-refractivity contribution in [1.82, 2.24) is 0 Å². The molecule has 0 atom stereocenters. The molecule has 2 aromatic rings. The summed E-state index contributed by atoms with van der Waals surface area (Å²) in [5.74, 6) is 2.32. The fraction of sp³-hybridized carbons (Fsp3) is 0.294. The number of anilines is 1. The number of para-hydroxylation sites is 2.